The lowest BCUT2D eigenvalue weighted by Crippen LogP contribution is -2.13. The summed E-state index contributed by atoms with van der Waals surface area (Å²) in [6.45, 7) is 0. The smallest absolute Gasteiger partial charge is 0.337 e. The molecule has 0 aliphatic carbocycles. The van der Waals surface area contributed by atoms with E-state index in [-0.39, 0.29) is 17.3 Å². The van der Waals surface area contributed by atoms with E-state index in [0.717, 1.165) is 0 Å². The summed E-state index contributed by atoms with van der Waals surface area (Å²) in [5.41, 5.74) is 0.498. The number of carbonyl (C=O) groups is 2. The Labute approximate surface area is 113 Å². The molecule has 1 aromatic carbocycles. The first-order valence-electron chi connectivity index (χ1n) is 5.32. The van der Waals surface area contributed by atoms with Crippen LogP contribution < -0.4 is 5.32 Å². The van der Waals surface area contributed by atoms with Crippen molar-refractivity contribution in [2.75, 3.05) is 5.32 Å². The van der Waals surface area contributed by atoms with Crippen molar-refractivity contribution in [1.29, 1.82) is 0 Å². The number of carboxylic acid groups (broad SMARTS) is 1. The Balaban J connectivity index is 2.10. The Morgan fingerprint density at radius 3 is 2.21 bits per heavy atom. The number of hydrogen-bond acceptors (Lipinski definition) is 3. The zero-order valence-corrected chi connectivity index (χ0v) is 10.4. The van der Waals surface area contributed by atoms with Crippen LogP contribution in [0.4, 0.5) is 5.82 Å². The zero-order chi connectivity index (χ0) is 13.8. The predicted molar refractivity (Wildman–Crippen MR) is 70.6 cm³/mol. The number of aromatic carboxylic acids is 1. The maximum atomic E-state index is 11.8. The second-order valence-electron chi connectivity index (χ2n) is 3.70. The number of carboxylic acids is 1. The Hall–Kier alpha value is -2.40. The molecule has 0 aliphatic rings. The number of halogens is 1. The van der Waals surface area contributed by atoms with Gasteiger partial charge in [-0.05, 0) is 36.4 Å². The van der Waals surface area contributed by atoms with Crippen LogP contribution in [0.2, 0.25) is 5.02 Å². The highest BCUT2D eigenvalue weighted by Crippen LogP contribution is 2.11. The summed E-state index contributed by atoms with van der Waals surface area (Å²) in [5, 5.41) is 11.8. The van der Waals surface area contributed by atoms with Crippen LogP contribution in [-0.2, 0) is 0 Å². The van der Waals surface area contributed by atoms with E-state index in [9.17, 15) is 9.59 Å². The molecule has 2 N–H and O–H groups in total. The number of amides is 1. The summed E-state index contributed by atoms with van der Waals surface area (Å²) in [5.74, 6) is -1.12. The molecule has 0 unspecified atom stereocenters. The molecule has 1 heterocycles. The van der Waals surface area contributed by atoms with Gasteiger partial charge in [0.05, 0.1) is 5.56 Å². The number of anilines is 1. The number of nitrogens with zero attached hydrogens (tertiary/aromatic N) is 1. The molecule has 5 nitrogen and oxygen atoms in total. The molecule has 0 aliphatic heterocycles. The lowest BCUT2D eigenvalue weighted by Gasteiger charge is -2.04. The minimum atomic E-state index is -1.07. The third-order valence-corrected chi connectivity index (χ3v) is 2.61. The van der Waals surface area contributed by atoms with E-state index < -0.39 is 5.97 Å². The molecule has 0 radical (unpaired) electrons. The van der Waals surface area contributed by atoms with Gasteiger partial charge in [0, 0.05) is 16.8 Å². The molecule has 0 fully saturated rings. The average Bonchev–Trinajstić information content (AvgIpc) is 2.40. The first-order valence-corrected chi connectivity index (χ1v) is 5.70. The van der Waals surface area contributed by atoms with Crippen LogP contribution in [0.3, 0.4) is 0 Å². The fourth-order valence-electron chi connectivity index (χ4n) is 1.38. The number of nitrogens with one attached hydrogen (secondary N) is 1. The third-order valence-electron chi connectivity index (χ3n) is 2.36. The van der Waals surface area contributed by atoms with E-state index in [1.807, 2.05) is 0 Å². The van der Waals surface area contributed by atoms with Gasteiger partial charge in [-0.25, -0.2) is 9.78 Å². The summed E-state index contributed by atoms with van der Waals surface area (Å²) in [6.07, 6.45) is 1.18. The molecule has 2 aromatic rings. The number of benzene rings is 1. The fraction of sp³-hybridized carbons (Fsp3) is 0. The Kier molecular flexibility index (Phi) is 3.77. The second-order valence-corrected chi connectivity index (χ2v) is 4.13. The maximum absolute atomic E-state index is 11.8. The highest BCUT2D eigenvalue weighted by atomic mass is 35.5. The summed E-state index contributed by atoms with van der Waals surface area (Å²) in [6, 6.07) is 9.19. The molecule has 0 bridgehead atoms. The van der Waals surface area contributed by atoms with Crippen molar-refractivity contribution < 1.29 is 14.7 Å². The number of rotatable bonds is 3. The average molecular weight is 277 g/mol. The van der Waals surface area contributed by atoms with Gasteiger partial charge in [-0.1, -0.05) is 11.6 Å². The maximum Gasteiger partial charge on any atom is 0.337 e. The second kappa shape index (κ2) is 5.49. The molecule has 0 saturated heterocycles. The van der Waals surface area contributed by atoms with Gasteiger partial charge in [0.15, 0.2) is 0 Å². The lowest BCUT2D eigenvalue weighted by molar-refractivity contribution is 0.0696. The van der Waals surface area contributed by atoms with Crippen LogP contribution in [0.5, 0.6) is 0 Å². The van der Waals surface area contributed by atoms with Gasteiger partial charge in [0.1, 0.15) is 5.82 Å². The van der Waals surface area contributed by atoms with Gasteiger partial charge in [0.25, 0.3) is 5.91 Å². The molecular formula is C13H9ClN2O3. The van der Waals surface area contributed by atoms with Gasteiger partial charge < -0.3 is 10.4 Å². The van der Waals surface area contributed by atoms with E-state index >= 15 is 0 Å². The van der Waals surface area contributed by atoms with Crippen molar-refractivity contribution in [3.63, 3.8) is 0 Å². The third kappa shape index (κ3) is 3.29. The standard InChI is InChI=1S/C13H9ClN2O3/c14-10-4-1-8(2-5-10)12(17)16-11-6-3-9(7-15-11)13(18)19/h1-7H,(H,18,19)(H,15,16,17). The normalized spacial score (nSPS) is 9.95. The predicted octanol–water partition coefficient (Wildman–Crippen LogP) is 2.69. The molecule has 19 heavy (non-hydrogen) atoms. The number of hydrogen-bond donors (Lipinski definition) is 2. The quantitative estimate of drug-likeness (QED) is 0.903. The van der Waals surface area contributed by atoms with Crippen LogP contribution in [0, 0.1) is 0 Å². The van der Waals surface area contributed by atoms with Gasteiger partial charge in [0.2, 0.25) is 0 Å². The molecule has 6 heteroatoms. The molecule has 1 aromatic heterocycles. The largest absolute Gasteiger partial charge is 0.478 e. The summed E-state index contributed by atoms with van der Waals surface area (Å²) < 4.78 is 0. The van der Waals surface area contributed by atoms with Crippen molar-refractivity contribution in [3.8, 4) is 0 Å². The van der Waals surface area contributed by atoms with E-state index in [1.165, 1.54) is 18.3 Å². The minimum absolute atomic E-state index is 0.0597. The minimum Gasteiger partial charge on any atom is -0.478 e. The first-order chi connectivity index (χ1) is 9.06. The van der Waals surface area contributed by atoms with E-state index in [0.29, 0.717) is 10.6 Å². The summed E-state index contributed by atoms with van der Waals surface area (Å²) in [7, 11) is 0. The van der Waals surface area contributed by atoms with Gasteiger partial charge in [-0.2, -0.15) is 0 Å². The molecule has 2 rings (SSSR count). The van der Waals surface area contributed by atoms with E-state index in [4.69, 9.17) is 16.7 Å². The molecular weight excluding hydrogens is 268 g/mol. The summed E-state index contributed by atoms with van der Waals surface area (Å²) in [4.78, 5) is 26.3. The van der Waals surface area contributed by atoms with E-state index in [1.54, 1.807) is 24.3 Å². The topological polar surface area (TPSA) is 79.3 Å². The fourth-order valence-corrected chi connectivity index (χ4v) is 1.51. The van der Waals surface area contributed by atoms with Crippen molar-refractivity contribution >= 4 is 29.3 Å². The van der Waals surface area contributed by atoms with Crippen molar-refractivity contribution in [2.45, 2.75) is 0 Å². The van der Waals surface area contributed by atoms with Crippen LogP contribution in [0.1, 0.15) is 20.7 Å². The number of carbonyl (C=O) groups excluding carboxylic acids is 1. The van der Waals surface area contributed by atoms with Crippen molar-refractivity contribution in [1.82, 2.24) is 4.98 Å². The van der Waals surface area contributed by atoms with Crippen LogP contribution in [-0.4, -0.2) is 22.0 Å². The van der Waals surface area contributed by atoms with Crippen LogP contribution in [0.25, 0.3) is 0 Å². The Morgan fingerprint density at radius 1 is 1.05 bits per heavy atom. The van der Waals surface area contributed by atoms with Crippen LogP contribution >= 0.6 is 11.6 Å². The zero-order valence-electron chi connectivity index (χ0n) is 9.63. The first kappa shape index (κ1) is 13.0. The lowest BCUT2D eigenvalue weighted by atomic mass is 10.2. The SMILES string of the molecule is O=C(O)c1ccc(NC(=O)c2ccc(Cl)cc2)nc1. The van der Waals surface area contributed by atoms with Crippen LogP contribution in [0.15, 0.2) is 42.6 Å². The highest BCUT2D eigenvalue weighted by Gasteiger charge is 2.08. The summed E-state index contributed by atoms with van der Waals surface area (Å²) >= 11 is 5.72. The molecule has 1 amide bonds. The highest BCUT2D eigenvalue weighted by molar-refractivity contribution is 6.30. The van der Waals surface area contributed by atoms with Gasteiger partial charge >= 0.3 is 5.97 Å². The van der Waals surface area contributed by atoms with Gasteiger partial charge in [-0.15, -0.1) is 0 Å². The van der Waals surface area contributed by atoms with Crippen molar-refractivity contribution in [3.05, 3.63) is 58.7 Å². The number of pyridine rings is 1. The Morgan fingerprint density at radius 2 is 1.68 bits per heavy atom. The Bertz CT molecular complexity index is 609. The molecule has 0 atom stereocenters. The monoisotopic (exact) mass is 276 g/mol. The number of aromatic nitrogens is 1. The van der Waals surface area contributed by atoms with Gasteiger partial charge in [-0.3, -0.25) is 4.79 Å². The van der Waals surface area contributed by atoms with Crippen molar-refractivity contribution in [2.24, 2.45) is 0 Å². The molecule has 0 saturated carbocycles. The molecule has 96 valence electrons. The molecule has 0 spiro atoms. The van der Waals surface area contributed by atoms with E-state index in [2.05, 4.69) is 10.3 Å².